The molecule has 0 saturated carbocycles. The first-order chi connectivity index (χ1) is 7.81. The number of aliphatic hydroxyl groups excluding tert-OH is 1. The van der Waals surface area contributed by atoms with Gasteiger partial charge in [0.2, 0.25) is 0 Å². The van der Waals surface area contributed by atoms with Gasteiger partial charge in [0.05, 0.1) is 19.8 Å². The van der Waals surface area contributed by atoms with Crippen molar-refractivity contribution in [3.63, 3.8) is 0 Å². The maximum atomic E-state index is 9.91. The highest BCUT2D eigenvalue weighted by Gasteiger charge is 2.14. The highest BCUT2D eigenvalue weighted by atomic mass is 16.5. The van der Waals surface area contributed by atoms with Crippen molar-refractivity contribution >= 4 is 0 Å². The van der Waals surface area contributed by atoms with E-state index in [9.17, 15) is 5.11 Å². The van der Waals surface area contributed by atoms with Crippen molar-refractivity contribution in [3.8, 4) is 0 Å². The monoisotopic (exact) mass is 222 g/mol. The van der Waals surface area contributed by atoms with Crippen LogP contribution in [0.5, 0.6) is 0 Å². The zero-order valence-electron chi connectivity index (χ0n) is 9.61. The number of aliphatic hydroxyl groups is 1. The van der Waals surface area contributed by atoms with Gasteiger partial charge in [-0.3, -0.25) is 0 Å². The van der Waals surface area contributed by atoms with Crippen molar-refractivity contribution in [2.24, 2.45) is 0 Å². The van der Waals surface area contributed by atoms with Crippen molar-refractivity contribution in [1.29, 1.82) is 0 Å². The van der Waals surface area contributed by atoms with Crippen LogP contribution in [-0.2, 0) is 22.7 Å². The number of hydrogen-bond acceptors (Lipinski definition) is 3. The standard InChI is InChI=1S/C13H18O3/c1-2-5-15-9-13(14)10-3-4-11-7-16-8-12(11)6-10/h3-4,6,13-14H,2,5,7-9H2,1H3. The fourth-order valence-electron chi connectivity index (χ4n) is 1.83. The van der Waals surface area contributed by atoms with Gasteiger partial charge in [-0.1, -0.05) is 25.1 Å². The summed E-state index contributed by atoms with van der Waals surface area (Å²) in [6.45, 7) is 4.47. The van der Waals surface area contributed by atoms with E-state index in [1.807, 2.05) is 18.2 Å². The number of fused-ring (bicyclic) bond motifs is 1. The summed E-state index contributed by atoms with van der Waals surface area (Å²) in [5.74, 6) is 0. The first-order valence-corrected chi connectivity index (χ1v) is 5.76. The molecule has 1 unspecified atom stereocenters. The lowest BCUT2D eigenvalue weighted by Gasteiger charge is -2.12. The normalized spacial score (nSPS) is 16.1. The second-order valence-electron chi connectivity index (χ2n) is 4.11. The van der Waals surface area contributed by atoms with Crippen LogP contribution in [0.2, 0.25) is 0 Å². The summed E-state index contributed by atoms with van der Waals surface area (Å²) < 4.78 is 10.7. The summed E-state index contributed by atoms with van der Waals surface area (Å²) in [6, 6.07) is 6.00. The van der Waals surface area contributed by atoms with Crippen molar-refractivity contribution in [2.45, 2.75) is 32.7 Å². The smallest absolute Gasteiger partial charge is 0.102 e. The maximum absolute atomic E-state index is 9.91. The Bertz CT molecular complexity index is 349. The average molecular weight is 222 g/mol. The SMILES string of the molecule is CCCOCC(O)c1ccc2c(c1)COC2. The van der Waals surface area contributed by atoms with Crippen molar-refractivity contribution < 1.29 is 14.6 Å². The first kappa shape index (κ1) is 11.6. The van der Waals surface area contributed by atoms with Gasteiger partial charge in [-0.15, -0.1) is 0 Å². The van der Waals surface area contributed by atoms with Crippen molar-refractivity contribution in [1.82, 2.24) is 0 Å². The summed E-state index contributed by atoms with van der Waals surface area (Å²) in [5.41, 5.74) is 3.33. The third-order valence-corrected chi connectivity index (χ3v) is 2.75. The van der Waals surface area contributed by atoms with Gasteiger partial charge in [-0.25, -0.2) is 0 Å². The molecule has 1 aromatic rings. The average Bonchev–Trinajstić information content (AvgIpc) is 2.76. The molecule has 0 spiro atoms. The largest absolute Gasteiger partial charge is 0.386 e. The van der Waals surface area contributed by atoms with Crippen LogP contribution in [-0.4, -0.2) is 18.3 Å². The Labute approximate surface area is 96.0 Å². The Balaban J connectivity index is 1.98. The van der Waals surface area contributed by atoms with Gasteiger partial charge < -0.3 is 14.6 Å². The molecule has 1 aromatic carbocycles. The van der Waals surface area contributed by atoms with Gasteiger partial charge in [-0.2, -0.15) is 0 Å². The molecule has 1 atom stereocenters. The fourth-order valence-corrected chi connectivity index (χ4v) is 1.83. The molecule has 3 nitrogen and oxygen atoms in total. The quantitative estimate of drug-likeness (QED) is 0.776. The second kappa shape index (κ2) is 5.43. The summed E-state index contributed by atoms with van der Waals surface area (Å²) in [6.07, 6.45) is 0.447. The van der Waals surface area contributed by atoms with Gasteiger partial charge >= 0.3 is 0 Å². The summed E-state index contributed by atoms with van der Waals surface area (Å²) in [5, 5.41) is 9.91. The summed E-state index contributed by atoms with van der Waals surface area (Å²) in [4.78, 5) is 0. The third-order valence-electron chi connectivity index (χ3n) is 2.75. The van der Waals surface area contributed by atoms with Crippen LogP contribution in [0.3, 0.4) is 0 Å². The molecule has 88 valence electrons. The van der Waals surface area contributed by atoms with E-state index in [-0.39, 0.29) is 0 Å². The molecule has 0 amide bonds. The molecule has 1 heterocycles. The van der Waals surface area contributed by atoms with Gasteiger partial charge in [0.15, 0.2) is 0 Å². The number of rotatable bonds is 5. The van der Waals surface area contributed by atoms with Gasteiger partial charge in [-0.05, 0) is 23.1 Å². The molecule has 0 aromatic heterocycles. The maximum Gasteiger partial charge on any atom is 0.102 e. The molecule has 16 heavy (non-hydrogen) atoms. The Morgan fingerprint density at radius 3 is 3.00 bits per heavy atom. The fraction of sp³-hybridized carbons (Fsp3) is 0.538. The predicted molar refractivity (Wildman–Crippen MR) is 61.0 cm³/mol. The number of hydrogen-bond donors (Lipinski definition) is 1. The van der Waals surface area contributed by atoms with Gasteiger partial charge in [0.1, 0.15) is 6.10 Å². The van der Waals surface area contributed by atoms with E-state index >= 15 is 0 Å². The molecule has 1 N–H and O–H groups in total. The second-order valence-corrected chi connectivity index (χ2v) is 4.11. The van der Waals surface area contributed by atoms with Crippen LogP contribution >= 0.6 is 0 Å². The topological polar surface area (TPSA) is 38.7 Å². The predicted octanol–water partition coefficient (Wildman–Crippen LogP) is 2.18. The molecule has 1 aliphatic rings. The van der Waals surface area contributed by atoms with Crippen LogP contribution in [0.4, 0.5) is 0 Å². The molecule has 0 bridgehead atoms. The van der Waals surface area contributed by atoms with E-state index in [1.54, 1.807) is 0 Å². The van der Waals surface area contributed by atoms with E-state index < -0.39 is 6.10 Å². The summed E-state index contributed by atoms with van der Waals surface area (Å²) in [7, 11) is 0. The number of benzene rings is 1. The van der Waals surface area contributed by atoms with Crippen molar-refractivity contribution in [3.05, 3.63) is 34.9 Å². The summed E-state index contributed by atoms with van der Waals surface area (Å²) >= 11 is 0. The van der Waals surface area contributed by atoms with Crippen LogP contribution in [0, 0.1) is 0 Å². The highest BCUT2D eigenvalue weighted by Crippen LogP contribution is 2.24. The Morgan fingerprint density at radius 1 is 1.38 bits per heavy atom. The number of ether oxygens (including phenoxy) is 2. The zero-order chi connectivity index (χ0) is 11.4. The lowest BCUT2D eigenvalue weighted by Crippen LogP contribution is -2.08. The molecule has 0 aliphatic carbocycles. The Hall–Kier alpha value is -0.900. The minimum absolute atomic E-state index is 0.369. The van der Waals surface area contributed by atoms with E-state index in [0.29, 0.717) is 26.4 Å². The Kier molecular flexibility index (Phi) is 3.93. The van der Waals surface area contributed by atoms with E-state index in [1.165, 1.54) is 11.1 Å². The van der Waals surface area contributed by atoms with Crippen LogP contribution in [0.25, 0.3) is 0 Å². The molecule has 3 heteroatoms. The minimum atomic E-state index is -0.530. The molecule has 0 saturated heterocycles. The van der Waals surface area contributed by atoms with E-state index in [4.69, 9.17) is 9.47 Å². The van der Waals surface area contributed by atoms with E-state index in [2.05, 4.69) is 6.92 Å². The first-order valence-electron chi connectivity index (χ1n) is 5.76. The molecular formula is C13H18O3. The molecular weight excluding hydrogens is 204 g/mol. The van der Waals surface area contributed by atoms with Crippen LogP contribution in [0.15, 0.2) is 18.2 Å². The molecule has 0 radical (unpaired) electrons. The molecule has 0 fully saturated rings. The van der Waals surface area contributed by atoms with Crippen LogP contribution in [0.1, 0.15) is 36.1 Å². The lowest BCUT2D eigenvalue weighted by atomic mass is 10.0. The molecule has 2 rings (SSSR count). The van der Waals surface area contributed by atoms with Gasteiger partial charge in [0, 0.05) is 6.61 Å². The van der Waals surface area contributed by atoms with E-state index in [0.717, 1.165) is 12.0 Å². The zero-order valence-corrected chi connectivity index (χ0v) is 9.61. The molecule has 1 aliphatic heterocycles. The van der Waals surface area contributed by atoms with Gasteiger partial charge in [0.25, 0.3) is 0 Å². The van der Waals surface area contributed by atoms with Crippen LogP contribution < -0.4 is 0 Å². The lowest BCUT2D eigenvalue weighted by molar-refractivity contribution is 0.0363. The third kappa shape index (κ3) is 2.61. The highest BCUT2D eigenvalue weighted by molar-refractivity contribution is 5.34. The van der Waals surface area contributed by atoms with Crippen molar-refractivity contribution in [2.75, 3.05) is 13.2 Å². The minimum Gasteiger partial charge on any atom is -0.386 e. The Morgan fingerprint density at radius 2 is 2.19 bits per heavy atom.